The summed E-state index contributed by atoms with van der Waals surface area (Å²) in [6.45, 7) is 0. The van der Waals surface area contributed by atoms with Gasteiger partial charge in [0.1, 0.15) is 5.75 Å². The average molecular weight is 237 g/mol. The maximum Gasteiger partial charge on any atom is 0.307 e. The molecule has 0 amide bonds. The fraction of sp³-hybridized carbons (Fsp3) is 0.182. The Labute approximate surface area is 96.1 Å². The summed E-state index contributed by atoms with van der Waals surface area (Å²) < 4.78 is 5.04. The molecular formula is C11H11NO3S. The summed E-state index contributed by atoms with van der Waals surface area (Å²) in [4.78, 5) is 13.7. The van der Waals surface area contributed by atoms with E-state index in [4.69, 9.17) is 4.74 Å². The third kappa shape index (κ3) is 2.25. The quantitative estimate of drug-likeness (QED) is 0.854. The number of nitrogens with one attached hydrogen (secondary N) is 1. The number of aromatic nitrogens is 1. The molecule has 0 aliphatic rings. The van der Waals surface area contributed by atoms with Crippen LogP contribution in [-0.2, 0) is 6.42 Å². The lowest BCUT2D eigenvalue weighted by molar-refractivity contribution is 0.414. The van der Waals surface area contributed by atoms with Crippen molar-refractivity contribution in [3.05, 3.63) is 44.4 Å². The van der Waals surface area contributed by atoms with E-state index in [2.05, 4.69) is 4.98 Å². The minimum absolute atomic E-state index is 0.0363. The third-order valence-electron chi connectivity index (χ3n) is 2.22. The summed E-state index contributed by atoms with van der Waals surface area (Å²) in [7, 11) is 1.61. The van der Waals surface area contributed by atoms with Crippen LogP contribution in [0.5, 0.6) is 11.6 Å². The summed E-state index contributed by atoms with van der Waals surface area (Å²) >= 11 is 1.03. The predicted octanol–water partition coefficient (Wildman–Crippen LogP) is 1.74. The average Bonchev–Trinajstić information content (AvgIpc) is 2.59. The summed E-state index contributed by atoms with van der Waals surface area (Å²) in [6.07, 6.45) is 0.541. The fourth-order valence-electron chi connectivity index (χ4n) is 1.40. The number of aromatic amines is 1. The number of aromatic hydroxyl groups is 1. The third-order valence-corrected chi connectivity index (χ3v) is 3.10. The predicted molar refractivity (Wildman–Crippen MR) is 62.4 cm³/mol. The first-order valence-corrected chi connectivity index (χ1v) is 5.54. The topological polar surface area (TPSA) is 62.3 Å². The molecule has 5 heteroatoms. The number of thiazole rings is 1. The zero-order valence-electron chi connectivity index (χ0n) is 8.69. The second-order valence-corrected chi connectivity index (χ2v) is 4.38. The van der Waals surface area contributed by atoms with Crippen LogP contribution in [0, 0.1) is 0 Å². The first-order valence-electron chi connectivity index (χ1n) is 4.73. The zero-order chi connectivity index (χ0) is 11.5. The van der Waals surface area contributed by atoms with Crippen molar-refractivity contribution in [1.29, 1.82) is 0 Å². The summed E-state index contributed by atoms with van der Waals surface area (Å²) in [5, 5.41) is 9.42. The number of rotatable bonds is 3. The second-order valence-electron chi connectivity index (χ2n) is 3.31. The summed E-state index contributed by atoms with van der Waals surface area (Å²) in [5.74, 6) is 0.751. The number of benzene rings is 1. The molecule has 84 valence electrons. The molecule has 0 bridgehead atoms. The van der Waals surface area contributed by atoms with Crippen LogP contribution < -0.4 is 9.61 Å². The van der Waals surface area contributed by atoms with E-state index >= 15 is 0 Å². The molecule has 0 saturated heterocycles. The molecule has 4 nitrogen and oxygen atoms in total. The van der Waals surface area contributed by atoms with Crippen molar-refractivity contribution in [1.82, 2.24) is 4.98 Å². The van der Waals surface area contributed by atoms with Crippen LogP contribution in [-0.4, -0.2) is 17.2 Å². The Morgan fingerprint density at radius 2 is 2.06 bits per heavy atom. The van der Waals surface area contributed by atoms with Gasteiger partial charge in [-0.25, -0.2) is 0 Å². The maximum absolute atomic E-state index is 11.0. The van der Waals surface area contributed by atoms with Crippen LogP contribution in [0.2, 0.25) is 0 Å². The van der Waals surface area contributed by atoms with Gasteiger partial charge in [0, 0.05) is 6.42 Å². The first-order chi connectivity index (χ1) is 7.69. The highest BCUT2D eigenvalue weighted by Gasteiger charge is 2.07. The molecule has 2 rings (SSSR count). The Balaban J connectivity index is 2.20. The molecular weight excluding hydrogens is 226 g/mol. The molecule has 2 N–H and O–H groups in total. The van der Waals surface area contributed by atoms with Crippen LogP contribution in [0.1, 0.15) is 10.4 Å². The van der Waals surface area contributed by atoms with Crippen molar-refractivity contribution in [2.24, 2.45) is 0 Å². The zero-order valence-corrected chi connectivity index (χ0v) is 9.50. The number of hydrogen-bond donors (Lipinski definition) is 2. The van der Waals surface area contributed by atoms with Gasteiger partial charge in [-0.05, 0) is 17.7 Å². The lowest BCUT2D eigenvalue weighted by Gasteiger charge is -2.01. The van der Waals surface area contributed by atoms with Crippen molar-refractivity contribution in [2.75, 3.05) is 7.11 Å². The number of H-pyrrole nitrogens is 1. The number of hydrogen-bond acceptors (Lipinski definition) is 4. The molecule has 1 heterocycles. The van der Waals surface area contributed by atoms with E-state index in [1.54, 1.807) is 7.11 Å². The molecule has 0 fully saturated rings. The highest BCUT2D eigenvalue weighted by Crippen LogP contribution is 2.21. The van der Waals surface area contributed by atoms with Crippen molar-refractivity contribution in [2.45, 2.75) is 6.42 Å². The van der Waals surface area contributed by atoms with Crippen LogP contribution in [0.25, 0.3) is 0 Å². The van der Waals surface area contributed by atoms with Gasteiger partial charge in [0.15, 0.2) is 0 Å². The van der Waals surface area contributed by atoms with Gasteiger partial charge < -0.3 is 9.84 Å². The van der Waals surface area contributed by atoms with Gasteiger partial charge in [-0.3, -0.25) is 9.78 Å². The van der Waals surface area contributed by atoms with E-state index in [0.29, 0.717) is 11.3 Å². The monoisotopic (exact) mass is 237 g/mol. The lowest BCUT2D eigenvalue weighted by Crippen LogP contribution is -1.89. The van der Waals surface area contributed by atoms with Crippen molar-refractivity contribution in [3.63, 3.8) is 0 Å². The largest absolute Gasteiger partial charge is 0.497 e. The fourth-order valence-corrected chi connectivity index (χ4v) is 2.16. The standard InChI is InChI=1S/C11H11NO3S/c1-15-8-4-2-7(3-5-8)6-9-10(13)12-11(14)16-9/h2-5,13H,6H2,1H3,(H,12,14). The molecule has 0 aliphatic heterocycles. The van der Waals surface area contributed by atoms with Crippen LogP contribution in [0.3, 0.4) is 0 Å². The molecule has 0 radical (unpaired) electrons. The number of ether oxygens (including phenoxy) is 1. The molecule has 0 unspecified atom stereocenters. The molecule has 1 aromatic carbocycles. The van der Waals surface area contributed by atoms with Crippen LogP contribution >= 0.6 is 11.3 Å². The van der Waals surface area contributed by atoms with Gasteiger partial charge in [-0.1, -0.05) is 23.5 Å². The Morgan fingerprint density at radius 3 is 2.56 bits per heavy atom. The van der Waals surface area contributed by atoms with Gasteiger partial charge in [-0.2, -0.15) is 0 Å². The SMILES string of the molecule is COc1ccc(Cc2sc(=O)[nH]c2O)cc1. The van der Waals surface area contributed by atoms with Gasteiger partial charge in [0.2, 0.25) is 5.88 Å². The Bertz CT molecular complexity index is 527. The van der Waals surface area contributed by atoms with Crippen LogP contribution in [0.15, 0.2) is 29.1 Å². The molecule has 1 aromatic heterocycles. The van der Waals surface area contributed by atoms with Gasteiger partial charge >= 0.3 is 4.87 Å². The maximum atomic E-state index is 11.0. The van der Waals surface area contributed by atoms with Gasteiger partial charge in [-0.15, -0.1) is 0 Å². The minimum Gasteiger partial charge on any atom is -0.497 e. The van der Waals surface area contributed by atoms with Crippen molar-refractivity contribution >= 4 is 11.3 Å². The van der Waals surface area contributed by atoms with Crippen molar-refractivity contribution < 1.29 is 9.84 Å². The van der Waals surface area contributed by atoms with Gasteiger partial charge in [0.25, 0.3) is 0 Å². The molecule has 0 spiro atoms. The lowest BCUT2D eigenvalue weighted by atomic mass is 10.1. The van der Waals surface area contributed by atoms with E-state index in [-0.39, 0.29) is 10.8 Å². The van der Waals surface area contributed by atoms with E-state index in [1.807, 2.05) is 24.3 Å². The smallest absolute Gasteiger partial charge is 0.307 e. The highest BCUT2D eigenvalue weighted by atomic mass is 32.1. The molecule has 0 aliphatic carbocycles. The molecule has 0 atom stereocenters. The first kappa shape index (κ1) is 10.8. The normalized spacial score (nSPS) is 10.3. The van der Waals surface area contributed by atoms with Gasteiger partial charge in [0.05, 0.1) is 12.0 Å². The Kier molecular flexibility index (Phi) is 2.96. The minimum atomic E-state index is -0.235. The summed E-state index contributed by atoms with van der Waals surface area (Å²) in [6, 6.07) is 7.51. The Hall–Kier alpha value is -1.75. The van der Waals surface area contributed by atoms with E-state index in [9.17, 15) is 9.90 Å². The number of methoxy groups -OCH3 is 1. The van der Waals surface area contributed by atoms with E-state index in [1.165, 1.54) is 0 Å². The Morgan fingerprint density at radius 1 is 1.38 bits per heavy atom. The molecule has 0 saturated carbocycles. The van der Waals surface area contributed by atoms with Crippen molar-refractivity contribution in [3.8, 4) is 11.6 Å². The van der Waals surface area contributed by atoms with E-state index in [0.717, 1.165) is 22.6 Å². The van der Waals surface area contributed by atoms with E-state index < -0.39 is 0 Å². The molecule has 16 heavy (non-hydrogen) atoms. The molecule has 2 aromatic rings. The highest BCUT2D eigenvalue weighted by molar-refractivity contribution is 7.09. The van der Waals surface area contributed by atoms with Crippen LogP contribution in [0.4, 0.5) is 0 Å². The summed E-state index contributed by atoms with van der Waals surface area (Å²) in [5.41, 5.74) is 1.02. The second kappa shape index (κ2) is 4.40.